The second-order valence-corrected chi connectivity index (χ2v) is 8.17. The molecule has 7 heteroatoms. The molecule has 0 spiro atoms. The zero-order chi connectivity index (χ0) is 24.0. The molecular weight excluding hydrogens is 459 g/mol. The van der Waals surface area contributed by atoms with Gasteiger partial charge in [0.25, 0.3) is 5.91 Å². The lowest BCUT2D eigenvalue weighted by atomic mass is 10.1. The van der Waals surface area contributed by atoms with Crippen molar-refractivity contribution in [2.45, 2.75) is 20.5 Å². The van der Waals surface area contributed by atoms with Crippen LogP contribution in [0.15, 0.2) is 60.2 Å². The van der Waals surface area contributed by atoms with Crippen molar-refractivity contribution in [3.8, 4) is 17.6 Å². The summed E-state index contributed by atoms with van der Waals surface area (Å²) in [5, 5.41) is 13.4. The molecular formula is C26H22Cl2N2O3. The Morgan fingerprint density at radius 2 is 1.88 bits per heavy atom. The van der Waals surface area contributed by atoms with E-state index < -0.39 is 5.91 Å². The summed E-state index contributed by atoms with van der Waals surface area (Å²) in [6.45, 7) is 4.09. The van der Waals surface area contributed by atoms with E-state index in [1.165, 1.54) is 13.2 Å². The number of methoxy groups -OCH3 is 1. The summed E-state index contributed by atoms with van der Waals surface area (Å²) >= 11 is 12.2. The number of nitrogens with one attached hydrogen (secondary N) is 1. The second-order valence-electron chi connectivity index (χ2n) is 7.33. The van der Waals surface area contributed by atoms with Crippen LogP contribution in [-0.2, 0) is 11.4 Å². The molecule has 3 aromatic rings. The Kier molecular flexibility index (Phi) is 8.00. The van der Waals surface area contributed by atoms with Crippen LogP contribution in [0, 0.1) is 25.2 Å². The van der Waals surface area contributed by atoms with Crippen LogP contribution < -0.4 is 14.8 Å². The van der Waals surface area contributed by atoms with Crippen LogP contribution in [0.1, 0.15) is 22.3 Å². The van der Waals surface area contributed by atoms with E-state index >= 15 is 0 Å². The average molecular weight is 481 g/mol. The molecule has 33 heavy (non-hydrogen) atoms. The maximum atomic E-state index is 12.8. The largest absolute Gasteiger partial charge is 0.493 e. The van der Waals surface area contributed by atoms with Gasteiger partial charge in [-0.3, -0.25) is 4.79 Å². The van der Waals surface area contributed by atoms with Gasteiger partial charge in [-0.05, 0) is 61.4 Å². The van der Waals surface area contributed by atoms with Crippen LogP contribution in [0.5, 0.6) is 11.5 Å². The molecule has 0 aromatic heterocycles. The van der Waals surface area contributed by atoms with Gasteiger partial charge >= 0.3 is 0 Å². The third kappa shape index (κ3) is 6.07. The van der Waals surface area contributed by atoms with Crippen LogP contribution >= 0.6 is 23.2 Å². The Hall–Kier alpha value is -3.46. The molecule has 0 atom stereocenters. The number of ether oxygens (including phenoxy) is 2. The first-order chi connectivity index (χ1) is 15.8. The molecule has 0 fully saturated rings. The van der Waals surface area contributed by atoms with Crippen molar-refractivity contribution >= 4 is 40.9 Å². The SMILES string of the molecule is COc1cccc(/C=C(/C#N)C(=O)Nc2ccc(C)c(C)c2)c1OCc1ccc(Cl)cc1Cl. The van der Waals surface area contributed by atoms with E-state index in [1.807, 2.05) is 32.0 Å². The Bertz CT molecular complexity index is 1260. The lowest BCUT2D eigenvalue weighted by molar-refractivity contribution is -0.112. The zero-order valence-corrected chi connectivity index (χ0v) is 19.9. The normalized spacial score (nSPS) is 11.0. The van der Waals surface area contributed by atoms with Crippen molar-refractivity contribution in [1.29, 1.82) is 5.26 Å². The molecule has 168 valence electrons. The van der Waals surface area contributed by atoms with Gasteiger partial charge in [0.1, 0.15) is 18.2 Å². The van der Waals surface area contributed by atoms with Gasteiger partial charge in [0.05, 0.1) is 7.11 Å². The number of anilines is 1. The Morgan fingerprint density at radius 3 is 2.55 bits per heavy atom. The fraction of sp³-hybridized carbons (Fsp3) is 0.154. The number of benzene rings is 3. The molecule has 0 aliphatic rings. The van der Waals surface area contributed by atoms with Crippen molar-refractivity contribution in [3.63, 3.8) is 0 Å². The maximum Gasteiger partial charge on any atom is 0.266 e. The van der Waals surface area contributed by atoms with E-state index in [9.17, 15) is 10.1 Å². The highest BCUT2D eigenvalue weighted by molar-refractivity contribution is 6.35. The highest BCUT2D eigenvalue weighted by Gasteiger charge is 2.15. The predicted octanol–water partition coefficient (Wildman–Crippen LogP) is 6.74. The highest BCUT2D eigenvalue weighted by atomic mass is 35.5. The number of hydrogen-bond donors (Lipinski definition) is 1. The van der Waals surface area contributed by atoms with Crippen molar-refractivity contribution in [1.82, 2.24) is 0 Å². The van der Waals surface area contributed by atoms with E-state index in [4.69, 9.17) is 32.7 Å². The number of amides is 1. The Balaban J connectivity index is 1.89. The number of rotatable bonds is 7. The summed E-state index contributed by atoms with van der Waals surface area (Å²) in [7, 11) is 1.52. The molecule has 3 rings (SSSR count). The number of nitrogens with zero attached hydrogens (tertiary/aromatic N) is 1. The molecule has 0 saturated carbocycles. The van der Waals surface area contributed by atoms with Gasteiger partial charge in [-0.1, -0.05) is 47.5 Å². The summed E-state index contributed by atoms with van der Waals surface area (Å²) in [5.74, 6) is 0.328. The third-order valence-electron chi connectivity index (χ3n) is 5.05. The van der Waals surface area contributed by atoms with Gasteiger partial charge < -0.3 is 14.8 Å². The van der Waals surface area contributed by atoms with Gasteiger partial charge in [-0.15, -0.1) is 0 Å². The molecule has 0 saturated heterocycles. The van der Waals surface area contributed by atoms with Gasteiger partial charge in [-0.2, -0.15) is 5.26 Å². The van der Waals surface area contributed by atoms with E-state index in [0.717, 1.165) is 16.7 Å². The molecule has 1 amide bonds. The summed E-state index contributed by atoms with van der Waals surface area (Å²) in [4.78, 5) is 12.8. The molecule has 0 bridgehead atoms. The second kappa shape index (κ2) is 10.9. The first-order valence-corrected chi connectivity index (χ1v) is 10.8. The van der Waals surface area contributed by atoms with Gasteiger partial charge in [0.2, 0.25) is 0 Å². The molecule has 0 aliphatic carbocycles. The third-order valence-corrected chi connectivity index (χ3v) is 5.63. The molecule has 3 aromatic carbocycles. The van der Waals surface area contributed by atoms with E-state index in [-0.39, 0.29) is 12.2 Å². The van der Waals surface area contributed by atoms with Crippen molar-refractivity contribution in [3.05, 3.63) is 92.5 Å². The lowest BCUT2D eigenvalue weighted by Gasteiger charge is -2.14. The Morgan fingerprint density at radius 1 is 1.09 bits per heavy atom. The zero-order valence-electron chi connectivity index (χ0n) is 18.4. The number of para-hydroxylation sites is 1. The molecule has 0 radical (unpaired) electrons. The predicted molar refractivity (Wildman–Crippen MR) is 132 cm³/mol. The van der Waals surface area contributed by atoms with Gasteiger partial charge in [0.15, 0.2) is 11.5 Å². The minimum absolute atomic E-state index is 0.0733. The minimum Gasteiger partial charge on any atom is -0.493 e. The number of halogens is 2. The maximum absolute atomic E-state index is 12.8. The van der Waals surface area contributed by atoms with Crippen LogP contribution in [0.2, 0.25) is 10.0 Å². The first kappa shape index (κ1) is 24.2. The van der Waals surface area contributed by atoms with Crippen LogP contribution in [0.25, 0.3) is 6.08 Å². The number of aryl methyl sites for hydroxylation is 2. The number of carbonyl (C=O) groups is 1. The monoisotopic (exact) mass is 480 g/mol. The van der Waals surface area contributed by atoms with Crippen LogP contribution in [0.4, 0.5) is 5.69 Å². The van der Waals surface area contributed by atoms with E-state index in [1.54, 1.807) is 42.5 Å². The Labute approximate surface area is 203 Å². The molecule has 5 nitrogen and oxygen atoms in total. The smallest absolute Gasteiger partial charge is 0.266 e. The summed E-state index contributed by atoms with van der Waals surface area (Å²) in [5.41, 5.74) is 3.95. The van der Waals surface area contributed by atoms with E-state index in [0.29, 0.717) is 32.8 Å². The number of carbonyl (C=O) groups excluding carboxylic acids is 1. The summed E-state index contributed by atoms with van der Waals surface area (Å²) in [6.07, 6.45) is 1.47. The minimum atomic E-state index is -0.518. The average Bonchev–Trinajstić information content (AvgIpc) is 2.79. The topological polar surface area (TPSA) is 71.3 Å². The summed E-state index contributed by atoms with van der Waals surface area (Å²) in [6, 6.07) is 17.9. The molecule has 0 unspecified atom stereocenters. The molecule has 0 aliphatic heterocycles. The fourth-order valence-corrected chi connectivity index (χ4v) is 3.54. The summed E-state index contributed by atoms with van der Waals surface area (Å²) < 4.78 is 11.4. The number of nitriles is 1. The van der Waals surface area contributed by atoms with E-state index in [2.05, 4.69) is 5.32 Å². The van der Waals surface area contributed by atoms with Gasteiger partial charge in [-0.25, -0.2) is 0 Å². The van der Waals surface area contributed by atoms with Crippen molar-refractivity contribution in [2.75, 3.05) is 12.4 Å². The van der Waals surface area contributed by atoms with Crippen molar-refractivity contribution in [2.24, 2.45) is 0 Å². The highest BCUT2D eigenvalue weighted by Crippen LogP contribution is 2.34. The number of hydrogen-bond acceptors (Lipinski definition) is 4. The van der Waals surface area contributed by atoms with Crippen molar-refractivity contribution < 1.29 is 14.3 Å². The molecule has 1 N–H and O–H groups in total. The standard InChI is InChI=1S/C26H22Cl2N2O3/c1-16-7-10-22(11-17(16)2)30-26(31)20(14-29)12-18-5-4-6-24(32-3)25(18)33-15-19-8-9-21(27)13-23(19)28/h4-13H,15H2,1-3H3,(H,30,31)/b20-12-. The van der Waals surface area contributed by atoms with Crippen LogP contribution in [-0.4, -0.2) is 13.0 Å². The lowest BCUT2D eigenvalue weighted by Crippen LogP contribution is -2.13. The molecule has 0 heterocycles. The quantitative estimate of drug-likeness (QED) is 0.300. The van der Waals surface area contributed by atoms with Gasteiger partial charge in [0, 0.05) is 26.9 Å². The van der Waals surface area contributed by atoms with Crippen LogP contribution in [0.3, 0.4) is 0 Å². The first-order valence-electron chi connectivity index (χ1n) is 10.1. The fourth-order valence-electron chi connectivity index (χ4n) is 3.07.